The van der Waals surface area contributed by atoms with Crippen molar-refractivity contribution < 1.29 is 19.1 Å². The van der Waals surface area contributed by atoms with Crippen molar-refractivity contribution in [1.82, 2.24) is 4.90 Å². The maximum absolute atomic E-state index is 11.7. The van der Waals surface area contributed by atoms with Crippen LogP contribution >= 0.6 is 0 Å². The van der Waals surface area contributed by atoms with Crippen LogP contribution in [0.5, 0.6) is 0 Å². The van der Waals surface area contributed by atoms with Crippen LogP contribution in [0.1, 0.15) is 28.4 Å². The molecular weight excluding hydrogens is 390 g/mol. The van der Waals surface area contributed by atoms with E-state index in [2.05, 4.69) is 23.6 Å². The normalized spacial score (nSPS) is 11.5. The second kappa shape index (κ2) is 12.3. The molecule has 0 heterocycles. The Morgan fingerprint density at radius 3 is 2.06 bits per heavy atom. The first-order valence-corrected chi connectivity index (χ1v) is 10.0. The highest BCUT2D eigenvalue weighted by molar-refractivity contribution is 5.91. The number of nitrogens with zero attached hydrogens (tertiary/aromatic N) is 1. The van der Waals surface area contributed by atoms with Crippen molar-refractivity contribution in [2.75, 3.05) is 20.8 Å². The molecule has 0 N–H and O–H groups in total. The zero-order valence-electron chi connectivity index (χ0n) is 18.3. The molecule has 0 atom stereocenters. The highest BCUT2D eigenvalue weighted by atomic mass is 16.5. The van der Waals surface area contributed by atoms with Gasteiger partial charge in [0.2, 0.25) is 0 Å². The minimum absolute atomic E-state index is 0.350. The molecule has 2 aromatic rings. The predicted octanol–water partition coefficient (Wildman–Crippen LogP) is 4.71. The molecule has 2 aromatic carbocycles. The lowest BCUT2D eigenvalue weighted by atomic mass is 10.1. The SMILES string of the molecule is C=C(/C=C\C(=C/C)C(=O)OC)CN(Cc1ccccc1)Cc1ccc(C(=O)OC)cc1. The minimum atomic E-state index is -0.376. The molecule has 2 rings (SSSR count). The lowest BCUT2D eigenvalue weighted by Crippen LogP contribution is -2.24. The topological polar surface area (TPSA) is 55.8 Å². The summed E-state index contributed by atoms with van der Waals surface area (Å²) in [5.41, 5.74) is 4.13. The van der Waals surface area contributed by atoms with Gasteiger partial charge in [-0.2, -0.15) is 0 Å². The van der Waals surface area contributed by atoms with Gasteiger partial charge in [0.05, 0.1) is 25.4 Å². The third-order valence-corrected chi connectivity index (χ3v) is 4.69. The van der Waals surface area contributed by atoms with Gasteiger partial charge in [-0.15, -0.1) is 0 Å². The number of hydrogen-bond donors (Lipinski definition) is 0. The zero-order chi connectivity index (χ0) is 22.6. The standard InChI is InChI=1S/C26H29NO4/c1-5-23(25(28)30-3)14-11-20(2)17-27(18-21-9-7-6-8-10-21)19-22-12-15-24(16-13-22)26(29)31-4/h5-16H,2,17-19H2,1,3-4H3/b14-11-,23-5+. The fourth-order valence-corrected chi connectivity index (χ4v) is 3.08. The number of methoxy groups -OCH3 is 2. The molecule has 0 aromatic heterocycles. The van der Waals surface area contributed by atoms with Gasteiger partial charge in [0.25, 0.3) is 0 Å². The van der Waals surface area contributed by atoms with E-state index in [0.29, 0.717) is 24.2 Å². The number of hydrogen-bond acceptors (Lipinski definition) is 5. The fraction of sp³-hybridized carbons (Fsp3) is 0.231. The first kappa shape index (κ1) is 23.8. The summed E-state index contributed by atoms with van der Waals surface area (Å²) in [6.07, 6.45) is 5.27. The lowest BCUT2D eigenvalue weighted by molar-refractivity contribution is -0.135. The molecule has 0 saturated heterocycles. The first-order valence-electron chi connectivity index (χ1n) is 10.0. The van der Waals surface area contributed by atoms with E-state index in [9.17, 15) is 9.59 Å². The van der Waals surface area contributed by atoms with E-state index in [0.717, 1.165) is 17.7 Å². The number of benzene rings is 2. The van der Waals surface area contributed by atoms with E-state index >= 15 is 0 Å². The molecule has 5 heteroatoms. The molecule has 0 bridgehead atoms. The van der Waals surface area contributed by atoms with E-state index in [4.69, 9.17) is 9.47 Å². The predicted molar refractivity (Wildman–Crippen MR) is 122 cm³/mol. The Morgan fingerprint density at radius 1 is 0.903 bits per heavy atom. The first-order chi connectivity index (χ1) is 15.0. The second-order valence-corrected chi connectivity index (χ2v) is 7.05. The Hall–Kier alpha value is -3.44. The van der Waals surface area contributed by atoms with Gasteiger partial charge in [0, 0.05) is 19.6 Å². The van der Waals surface area contributed by atoms with Crippen LogP contribution < -0.4 is 0 Å². The van der Waals surface area contributed by atoms with Gasteiger partial charge in [0.15, 0.2) is 0 Å². The quantitative estimate of drug-likeness (QED) is 0.317. The Labute approximate surface area is 184 Å². The van der Waals surface area contributed by atoms with Gasteiger partial charge in [-0.25, -0.2) is 9.59 Å². The van der Waals surface area contributed by atoms with Crippen LogP contribution in [0.2, 0.25) is 0 Å². The molecule has 0 saturated carbocycles. The van der Waals surface area contributed by atoms with E-state index < -0.39 is 0 Å². The van der Waals surface area contributed by atoms with Crippen molar-refractivity contribution in [2.45, 2.75) is 20.0 Å². The van der Waals surface area contributed by atoms with Crippen LogP contribution in [0.3, 0.4) is 0 Å². The van der Waals surface area contributed by atoms with Gasteiger partial charge >= 0.3 is 11.9 Å². The summed E-state index contributed by atoms with van der Waals surface area (Å²) < 4.78 is 9.54. The Morgan fingerprint density at radius 2 is 1.52 bits per heavy atom. The number of carbonyl (C=O) groups excluding carboxylic acids is 2. The molecule has 0 radical (unpaired) electrons. The van der Waals surface area contributed by atoms with E-state index in [1.54, 1.807) is 31.2 Å². The maximum atomic E-state index is 11.7. The van der Waals surface area contributed by atoms with Crippen LogP contribution in [0.4, 0.5) is 0 Å². The molecule has 0 unspecified atom stereocenters. The molecule has 0 spiro atoms. The van der Waals surface area contributed by atoms with Crippen molar-refractivity contribution in [3.05, 3.63) is 107 Å². The Balaban J connectivity index is 2.14. The summed E-state index contributed by atoms with van der Waals surface area (Å²) in [6.45, 7) is 7.97. The Bertz CT molecular complexity index is 943. The van der Waals surface area contributed by atoms with Crippen LogP contribution in [0, 0.1) is 0 Å². The molecule has 5 nitrogen and oxygen atoms in total. The molecular formula is C26H29NO4. The summed E-state index contributed by atoms with van der Waals surface area (Å²) in [6, 6.07) is 17.6. The highest BCUT2D eigenvalue weighted by Crippen LogP contribution is 2.14. The van der Waals surface area contributed by atoms with Crippen molar-refractivity contribution in [2.24, 2.45) is 0 Å². The van der Waals surface area contributed by atoms with Crippen molar-refractivity contribution in [1.29, 1.82) is 0 Å². The number of allylic oxidation sites excluding steroid dienone is 1. The van der Waals surface area contributed by atoms with Crippen molar-refractivity contribution >= 4 is 11.9 Å². The summed E-state index contributed by atoms with van der Waals surface area (Å²) >= 11 is 0. The molecule has 0 fully saturated rings. The van der Waals surface area contributed by atoms with Crippen LogP contribution in [0.25, 0.3) is 0 Å². The van der Waals surface area contributed by atoms with Crippen molar-refractivity contribution in [3.8, 4) is 0 Å². The number of esters is 2. The third-order valence-electron chi connectivity index (χ3n) is 4.69. The van der Waals surface area contributed by atoms with Crippen LogP contribution in [-0.2, 0) is 27.4 Å². The van der Waals surface area contributed by atoms with Gasteiger partial charge in [-0.05, 0) is 41.8 Å². The van der Waals surface area contributed by atoms with Crippen LogP contribution in [-0.4, -0.2) is 37.6 Å². The second-order valence-electron chi connectivity index (χ2n) is 7.05. The molecule has 0 aliphatic rings. The fourth-order valence-electron chi connectivity index (χ4n) is 3.08. The maximum Gasteiger partial charge on any atom is 0.337 e. The van der Waals surface area contributed by atoms with Crippen LogP contribution in [0.15, 0.2) is 90.6 Å². The molecule has 31 heavy (non-hydrogen) atoms. The molecule has 0 aliphatic heterocycles. The summed E-state index contributed by atoms with van der Waals surface area (Å²) in [4.78, 5) is 25.7. The number of ether oxygens (including phenoxy) is 2. The average Bonchev–Trinajstić information content (AvgIpc) is 2.79. The van der Waals surface area contributed by atoms with Gasteiger partial charge in [-0.1, -0.05) is 61.2 Å². The monoisotopic (exact) mass is 419 g/mol. The molecule has 0 aliphatic carbocycles. The summed E-state index contributed by atoms with van der Waals surface area (Å²) in [5, 5.41) is 0. The van der Waals surface area contributed by atoms with E-state index in [-0.39, 0.29) is 11.9 Å². The minimum Gasteiger partial charge on any atom is -0.465 e. The van der Waals surface area contributed by atoms with E-state index in [1.165, 1.54) is 19.8 Å². The summed E-state index contributed by atoms with van der Waals surface area (Å²) in [7, 11) is 2.73. The Kier molecular flexibility index (Phi) is 9.46. The smallest absolute Gasteiger partial charge is 0.337 e. The van der Waals surface area contributed by atoms with Gasteiger partial charge < -0.3 is 9.47 Å². The summed E-state index contributed by atoms with van der Waals surface area (Å²) in [5.74, 6) is -0.727. The van der Waals surface area contributed by atoms with Gasteiger partial charge in [-0.3, -0.25) is 4.90 Å². The zero-order valence-corrected chi connectivity index (χ0v) is 18.3. The van der Waals surface area contributed by atoms with E-state index in [1.807, 2.05) is 36.4 Å². The lowest BCUT2D eigenvalue weighted by Gasteiger charge is -2.23. The number of carbonyl (C=O) groups is 2. The largest absolute Gasteiger partial charge is 0.465 e. The molecule has 0 amide bonds. The highest BCUT2D eigenvalue weighted by Gasteiger charge is 2.11. The van der Waals surface area contributed by atoms with Crippen molar-refractivity contribution in [3.63, 3.8) is 0 Å². The third kappa shape index (κ3) is 7.72. The molecule has 162 valence electrons. The average molecular weight is 420 g/mol. The number of rotatable bonds is 10. The van der Waals surface area contributed by atoms with Gasteiger partial charge in [0.1, 0.15) is 0 Å².